The quantitative estimate of drug-likeness (QED) is 0.227. The number of nitrogens with zero attached hydrogens (tertiary/aromatic N) is 2. The summed E-state index contributed by atoms with van der Waals surface area (Å²) in [5, 5.41) is 10.6. The van der Waals surface area contributed by atoms with Crippen LogP contribution in [0.1, 0.15) is 112 Å². The predicted octanol–water partition coefficient (Wildman–Crippen LogP) is 2.44. The van der Waals surface area contributed by atoms with Crippen molar-refractivity contribution in [2.24, 2.45) is 17.3 Å². The van der Waals surface area contributed by atoms with Gasteiger partial charge in [-0.1, -0.05) is 66.2 Å². The molecule has 14 heteroatoms. The Hall–Kier alpha value is -2.74. The lowest BCUT2D eigenvalue weighted by Crippen LogP contribution is -2.65. The van der Waals surface area contributed by atoms with Crippen LogP contribution in [0.15, 0.2) is 0 Å². The van der Waals surface area contributed by atoms with Crippen molar-refractivity contribution < 1.29 is 32.4 Å². The first-order valence-electron chi connectivity index (χ1n) is 18.0. The van der Waals surface area contributed by atoms with Crippen molar-refractivity contribution in [2.75, 3.05) is 26.7 Å². The summed E-state index contributed by atoms with van der Waals surface area (Å²) in [6.45, 7) is 10.3. The van der Waals surface area contributed by atoms with E-state index in [0.29, 0.717) is 45.2 Å². The van der Waals surface area contributed by atoms with Gasteiger partial charge in [-0.05, 0) is 62.7 Å². The number of Topliss-reactive ketones (excluding diaryl/α,β-unsaturated/α-hetero) is 1. The number of likely N-dealkylation sites (N-methyl/N-ethyl adjacent to an activating group) is 1. The Morgan fingerprint density at radius 2 is 1.62 bits per heavy atom. The van der Waals surface area contributed by atoms with E-state index in [9.17, 15) is 32.4 Å². The molecular formula is C34H58N6O7S. The van der Waals surface area contributed by atoms with Gasteiger partial charge in [-0.25, -0.2) is 17.5 Å². The third-order valence-corrected chi connectivity index (χ3v) is 13.6. The molecule has 2 aliphatic carbocycles. The average molecular weight is 695 g/mol. The Balaban J connectivity index is 1.57. The van der Waals surface area contributed by atoms with E-state index in [-0.39, 0.29) is 18.4 Å². The first-order chi connectivity index (χ1) is 22.6. The number of urea groups is 1. The van der Waals surface area contributed by atoms with Crippen LogP contribution < -0.4 is 21.3 Å². The maximum absolute atomic E-state index is 14.5. The molecule has 0 aromatic heterocycles. The second-order valence-electron chi connectivity index (χ2n) is 15.5. The monoisotopic (exact) mass is 694 g/mol. The van der Waals surface area contributed by atoms with Crippen LogP contribution in [0.3, 0.4) is 0 Å². The van der Waals surface area contributed by atoms with Gasteiger partial charge >= 0.3 is 6.03 Å². The largest absolute Gasteiger partial charge is 0.350 e. The molecule has 5 amide bonds. The van der Waals surface area contributed by atoms with Crippen LogP contribution in [0.2, 0.25) is 0 Å². The summed E-state index contributed by atoms with van der Waals surface area (Å²) in [5.41, 5.74) is -1.68. The molecule has 0 aromatic rings. The summed E-state index contributed by atoms with van der Waals surface area (Å²) < 4.78 is 28.0. The van der Waals surface area contributed by atoms with Crippen LogP contribution in [0.5, 0.6) is 0 Å². The fourth-order valence-electron chi connectivity index (χ4n) is 8.48. The molecule has 6 atom stereocenters. The molecule has 0 spiro atoms. The van der Waals surface area contributed by atoms with Gasteiger partial charge in [0, 0.05) is 26.7 Å². The molecule has 4 N–H and O–H groups in total. The van der Waals surface area contributed by atoms with Gasteiger partial charge in [-0.15, -0.1) is 0 Å². The van der Waals surface area contributed by atoms with Gasteiger partial charge in [-0.3, -0.25) is 19.2 Å². The summed E-state index contributed by atoms with van der Waals surface area (Å²) in [6.07, 6.45) is 8.36. The molecule has 0 aromatic carbocycles. The van der Waals surface area contributed by atoms with Gasteiger partial charge < -0.3 is 26.2 Å². The average Bonchev–Trinajstić information content (AvgIpc) is 3.70. The lowest BCUT2D eigenvalue weighted by atomic mass is 9.78. The van der Waals surface area contributed by atoms with Gasteiger partial charge in [0.1, 0.15) is 12.1 Å². The number of amides is 5. The number of sulfonamides is 1. The third kappa shape index (κ3) is 8.00. The Kier molecular flexibility index (Phi) is 12.2. The summed E-state index contributed by atoms with van der Waals surface area (Å²) >= 11 is 0. The molecule has 0 unspecified atom stereocenters. The van der Waals surface area contributed by atoms with Crippen molar-refractivity contribution in [3.05, 3.63) is 0 Å². The molecule has 0 radical (unpaired) electrons. The van der Waals surface area contributed by atoms with Crippen LogP contribution in [0.25, 0.3) is 0 Å². The number of fused-ring (bicyclic) bond motifs is 1. The topological polar surface area (TPSA) is 174 Å². The Morgan fingerprint density at radius 3 is 2.21 bits per heavy atom. The second-order valence-corrected chi connectivity index (χ2v) is 17.7. The highest BCUT2D eigenvalue weighted by Crippen LogP contribution is 2.43. The van der Waals surface area contributed by atoms with E-state index in [1.54, 1.807) is 18.9 Å². The zero-order chi connectivity index (χ0) is 35.4. The number of unbranched alkanes of at least 4 members (excludes halogenated alkanes) is 1. The first-order valence-corrected chi connectivity index (χ1v) is 19.5. The lowest BCUT2D eigenvalue weighted by Gasteiger charge is -2.43. The third-order valence-electron chi connectivity index (χ3n) is 11.1. The van der Waals surface area contributed by atoms with Crippen molar-refractivity contribution >= 4 is 39.6 Å². The maximum atomic E-state index is 14.5. The Labute approximate surface area is 286 Å². The molecule has 2 heterocycles. The fourth-order valence-corrected chi connectivity index (χ4v) is 10.5. The fraction of sp³-hybridized carbons (Fsp3) is 0.853. The zero-order valence-corrected chi connectivity index (χ0v) is 30.5. The van der Waals surface area contributed by atoms with Gasteiger partial charge in [0.05, 0.1) is 16.8 Å². The molecule has 2 saturated carbocycles. The number of hydrogen-bond acceptors (Lipinski definition) is 7. The highest BCUT2D eigenvalue weighted by atomic mass is 32.2. The molecule has 48 heavy (non-hydrogen) atoms. The Morgan fingerprint density at radius 1 is 0.938 bits per heavy atom. The summed E-state index contributed by atoms with van der Waals surface area (Å²) in [7, 11) is -2.02. The number of hydrogen-bond donors (Lipinski definition) is 4. The van der Waals surface area contributed by atoms with E-state index in [4.69, 9.17) is 0 Å². The van der Waals surface area contributed by atoms with Crippen LogP contribution in [-0.4, -0.2) is 103 Å². The van der Waals surface area contributed by atoms with Gasteiger partial charge in [-0.2, -0.15) is 0 Å². The van der Waals surface area contributed by atoms with E-state index in [1.165, 1.54) is 4.31 Å². The van der Waals surface area contributed by atoms with Crippen molar-refractivity contribution in [3.8, 4) is 0 Å². The normalized spacial score (nSPS) is 27.8. The molecule has 13 nitrogen and oxygen atoms in total. The molecule has 4 aliphatic rings. The summed E-state index contributed by atoms with van der Waals surface area (Å²) in [5.74, 6) is -2.26. The minimum Gasteiger partial charge on any atom is -0.350 e. The second kappa shape index (κ2) is 15.4. The number of carbonyl (C=O) groups is 5. The van der Waals surface area contributed by atoms with Crippen LogP contribution in [0, 0.1) is 17.3 Å². The summed E-state index contributed by atoms with van der Waals surface area (Å²) in [4.78, 5) is 69.4. The van der Waals surface area contributed by atoms with E-state index >= 15 is 0 Å². The Bertz CT molecular complexity index is 1330. The minimum absolute atomic E-state index is 0.0927. The van der Waals surface area contributed by atoms with E-state index in [2.05, 4.69) is 21.3 Å². The van der Waals surface area contributed by atoms with Crippen molar-refractivity contribution in [2.45, 2.75) is 141 Å². The van der Waals surface area contributed by atoms with Crippen LogP contribution >= 0.6 is 0 Å². The first kappa shape index (κ1) is 38.1. The van der Waals surface area contributed by atoms with Crippen LogP contribution in [0.4, 0.5) is 4.79 Å². The molecular weight excluding hydrogens is 636 g/mol. The number of ketones is 1. The molecule has 4 fully saturated rings. The van der Waals surface area contributed by atoms with Crippen molar-refractivity contribution in [3.63, 3.8) is 0 Å². The number of nitrogens with one attached hydrogen (secondary N) is 4. The lowest BCUT2D eigenvalue weighted by molar-refractivity contribution is -0.144. The van der Waals surface area contributed by atoms with Gasteiger partial charge in [0.25, 0.3) is 5.91 Å². The van der Waals surface area contributed by atoms with Gasteiger partial charge in [0.15, 0.2) is 0 Å². The predicted molar refractivity (Wildman–Crippen MR) is 182 cm³/mol. The van der Waals surface area contributed by atoms with Crippen molar-refractivity contribution in [1.29, 1.82) is 0 Å². The molecule has 4 rings (SSSR count). The highest BCUT2D eigenvalue weighted by molar-refractivity contribution is 7.90. The van der Waals surface area contributed by atoms with E-state index < -0.39 is 73.9 Å². The number of likely N-dealkylation sites (tertiary alicyclic amines) is 1. The van der Waals surface area contributed by atoms with E-state index in [1.807, 2.05) is 27.7 Å². The van der Waals surface area contributed by atoms with E-state index in [0.717, 1.165) is 44.9 Å². The van der Waals surface area contributed by atoms with Crippen LogP contribution in [-0.2, 0) is 29.2 Å². The molecule has 272 valence electrons. The highest BCUT2D eigenvalue weighted by Gasteiger charge is 2.54. The number of rotatable bonds is 12. The SMILES string of the molecule is CCCC[C@H](NC(=O)[C@@H]1[C@H]2CCC[C@H]2CN1C(=O)[C@@H](NC(=O)NC1([C@H]2CCN(C)S2(=O)=O)CCCCC1)C(C)(C)C)C(=O)C(=O)NCC. The molecule has 2 saturated heterocycles. The molecule has 0 bridgehead atoms. The summed E-state index contributed by atoms with van der Waals surface area (Å²) in [6, 6.07) is -3.44. The number of carbonyl (C=O) groups excluding carboxylic acids is 5. The maximum Gasteiger partial charge on any atom is 0.315 e. The van der Waals surface area contributed by atoms with Crippen molar-refractivity contribution in [1.82, 2.24) is 30.5 Å². The smallest absolute Gasteiger partial charge is 0.315 e. The standard InChI is InChI=1S/C34H58N6O7S/c1-7-9-16-24(27(41)30(43)35-8-2)36-29(42)26-23-15-13-14-22(23)21-40(26)31(44)28(33(3,4)5)37-32(45)38-34(18-11-10-12-19-34)25-17-20-39(6)48(25,46)47/h22-26,28H,7-21H2,1-6H3,(H,35,43)(H,36,42)(H2,37,38,45)/t22-,23-,24-,25+,26-,28+/m0/s1. The minimum atomic E-state index is -3.59. The zero-order valence-electron chi connectivity index (χ0n) is 29.7. The van der Waals surface area contributed by atoms with Gasteiger partial charge in [0.2, 0.25) is 27.6 Å². The molecule has 2 aliphatic heterocycles.